The minimum atomic E-state index is 0.174. The Labute approximate surface area is 84.8 Å². The van der Waals surface area contributed by atoms with Gasteiger partial charge in [-0.15, -0.1) is 0 Å². The molecule has 1 heterocycles. The molecule has 1 aliphatic heterocycles. The van der Waals surface area contributed by atoms with Crippen molar-refractivity contribution in [1.82, 2.24) is 10.2 Å². The van der Waals surface area contributed by atoms with Crippen LogP contribution in [0.1, 0.15) is 25.7 Å². The highest BCUT2D eigenvalue weighted by Crippen LogP contribution is 2.19. The molecule has 14 heavy (non-hydrogen) atoms. The van der Waals surface area contributed by atoms with Crippen molar-refractivity contribution in [2.45, 2.75) is 37.8 Å². The van der Waals surface area contributed by atoms with Crippen molar-refractivity contribution in [3.8, 4) is 0 Å². The van der Waals surface area contributed by atoms with Gasteiger partial charge in [-0.1, -0.05) is 0 Å². The van der Waals surface area contributed by atoms with E-state index in [-0.39, 0.29) is 5.91 Å². The second-order valence-corrected chi connectivity index (χ2v) is 4.34. The SMILES string of the molecule is NCC1CCCN1CC(=O)NC1CC1. The van der Waals surface area contributed by atoms with Crippen molar-refractivity contribution in [2.75, 3.05) is 19.6 Å². The quantitative estimate of drug-likeness (QED) is 0.650. The lowest BCUT2D eigenvalue weighted by atomic mass is 10.2. The average molecular weight is 197 g/mol. The maximum absolute atomic E-state index is 11.5. The van der Waals surface area contributed by atoms with E-state index in [0.29, 0.717) is 25.2 Å². The highest BCUT2D eigenvalue weighted by molar-refractivity contribution is 5.78. The number of carbonyl (C=O) groups is 1. The zero-order chi connectivity index (χ0) is 9.97. The van der Waals surface area contributed by atoms with Crippen LogP contribution < -0.4 is 11.1 Å². The van der Waals surface area contributed by atoms with Crippen LogP contribution in [-0.2, 0) is 4.79 Å². The van der Waals surface area contributed by atoms with Crippen LogP contribution in [0.4, 0.5) is 0 Å². The largest absolute Gasteiger partial charge is 0.352 e. The van der Waals surface area contributed by atoms with Gasteiger partial charge < -0.3 is 11.1 Å². The Kier molecular flexibility index (Phi) is 3.03. The van der Waals surface area contributed by atoms with E-state index in [1.54, 1.807) is 0 Å². The number of likely N-dealkylation sites (tertiary alicyclic amines) is 1. The highest BCUT2D eigenvalue weighted by atomic mass is 16.2. The zero-order valence-corrected chi connectivity index (χ0v) is 8.54. The van der Waals surface area contributed by atoms with Crippen LogP contribution in [0.25, 0.3) is 0 Å². The number of amides is 1. The van der Waals surface area contributed by atoms with Crippen LogP contribution in [0.5, 0.6) is 0 Å². The first-order valence-corrected chi connectivity index (χ1v) is 5.53. The Hall–Kier alpha value is -0.610. The number of rotatable bonds is 4. The maximum Gasteiger partial charge on any atom is 0.234 e. The fraction of sp³-hybridized carbons (Fsp3) is 0.900. The van der Waals surface area contributed by atoms with E-state index < -0.39 is 0 Å². The third-order valence-electron chi connectivity index (χ3n) is 3.06. The maximum atomic E-state index is 11.5. The summed E-state index contributed by atoms with van der Waals surface area (Å²) in [7, 11) is 0. The topological polar surface area (TPSA) is 58.4 Å². The molecule has 0 spiro atoms. The molecule has 2 aliphatic rings. The van der Waals surface area contributed by atoms with Crippen LogP contribution in [-0.4, -0.2) is 42.5 Å². The molecule has 0 bridgehead atoms. The van der Waals surface area contributed by atoms with Gasteiger partial charge in [0.1, 0.15) is 0 Å². The normalized spacial score (nSPS) is 27.9. The molecule has 1 unspecified atom stereocenters. The lowest BCUT2D eigenvalue weighted by Gasteiger charge is -2.22. The van der Waals surface area contributed by atoms with Crippen LogP contribution in [0.2, 0.25) is 0 Å². The van der Waals surface area contributed by atoms with Gasteiger partial charge in [0.15, 0.2) is 0 Å². The van der Waals surface area contributed by atoms with Gasteiger partial charge in [0.05, 0.1) is 6.54 Å². The average Bonchev–Trinajstić information content (AvgIpc) is 2.84. The van der Waals surface area contributed by atoms with Gasteiger partial charge in [0.2, 0.25) is 5.91 Å². The van der Waals surface area contributed by atoms with Gasteiger partial charge in [-0.3, -0.25) is 9.69 Å². The zero-order valence-electron chi connectivity index (χ0n) is 8.54. The van der Waals surface area contributed by atoms with Crippen LogP contribution in [0.3, 0.4) is 0 Å². The Morgan fingerprint density at radius 2 is 2.21 bits per heavy atom. The third-order valence-corrected chi connectivity index (χ3v) is 3.06. The van der Waals surface area contributed by atoms with Crippen molar-refractivity contribution in [1.29, 1.82) is 0 Å². The first-order chi connectivity index (χ1) is 6.79. The molecule has 0 aromatic rings. The molecule has 0 radical (unpaired) electrons. The van der Waals surface area contributed by atoms with Crippen LogP contribution in [0, 0.1) is 0 Å². The van der Waals surface area contributed by atoms with Gasteiger partial charge in [-0.05, 0) is 32.2 Å². The van der Waals surface area contributed by atoms with Crippen molar-refractivity contribution in [3.05, 3.63) is 0 Å². The molecular formula is C10H19N3O. The lowest BCUT2D eigenvalue weighted by molar-refractivity contribution is -0.122. The summed E-state index contributed by atoms with van der Waals surface area (Å²) in [5.74, 6) is 0.174. The Balaban J connectivity index is 1.74. The van der Waals surface area contributed by atoms with E-state index in [4.69, 9.17) is 5.73 Å². The first kappa shape index (κ1) is 9.93. The molecule has 1 aliphatic carbocycles. The number of nitrogens with two attached hydrogens (primary N) is 1. The summed E-state index contributed by atoms with van der Waals surface area (Å²) in [5.41, 5.74) is 5.64. The van der Waals surface area contributed by atoms with Gasteiger partial charge in [0.25, 0.3) is 0 Å². The number of hydrogen-bond donors (Lipinski definition) is 2. The minimum Gasteiger partial charge on any atom is -0.352 e. The number of carbonyl (C=O) groups excluding carboxylic acids is 1. The fourth-order valence-corrected chi connectivity index (χ4v) is 2.06. The van der Waals surface area contributed by atoms with Gasteiger partial charge in [-0.25, -0.2) is 0 Å². The second-order valence-electron chi connectivity index (χ2n) is 4.34. The van der Waals surface area contributed by atoms with E-state index in [0.717, 1.165) is 25.8 Å². The molecule has 1 atom stereocenters. The summed E-state index contributed by atoms with van der Waals surface area (Å²) in [6.45, 7) is 2.25. The van der Waals surface area contributed by atoms with Gasteiger partial charge >= 0.3 is 0 Å². The standard InChI is InChI=1S/C10H19N3O/c11-6-9-2-1-5-13(9)7-10(14)12-8-3-4-8/h8-9H,1-7,11H2,(H,12,14). The van der Waals surface area contributed by atoms with Crippen molar-refractivity contribution >= 4 is 5.91 Å². The number of nitrogens with zero attached hydrogens (tertiary/aromatic N) is 1. The molecule has 0 aromatic heterocycles. The third kappa shape index (κ3) is 2.45. The van der Waals surface area contributed by atoms with Crippen LogP contribution in [0.15, 0.2) is 0 Å². The van der Waals surface area contributed by atoms with Crippen molar-refractivity contribution in [2.24, 2.45) is 5.73 Å². The summed E-state index contributed by atoms with van der Waals surface area (Å²) in [6, 6.07) is 0.904. The Bertz CT molecular complexity index is 215. The van der Waals surface area contributed by atoms with Gasteiger partial charge in [0, 0.05) is 18.6 Å². The molecule has 0 aromatic carbocycles. The summed E-state index contributed by atoms with van der Waals surface area (Å²) >= 11 is 0. The Morgan fingerprint density at radius 3 is 2.86 bits per heavy atom. The first-order valence-electron chi connectivity index (χ1n) is 5.53. The van der Waals surface area contributed by atoms with E-state index in [2.05, 4.69) is 10.2 Å². The monoisotopic (exact) mass is 197 g/mol. The molecule has 1 amide bonds. The molecular weight excluding hydrogens is 178 g/mol. The molecule has 4 nitrogen and oxygen atoms in total. The molecule has 80 valence electrons. The summed E-state index contributed by atoms with van der Waals surface area (Å²) in [4.78, 5) is 13.7. The molecule has 2 fully saturated rings. The van der Waals surface area contributed by atoms with Crippen LogP contribution >= 0.6 is 0 Å². The van der Waals surface area contributed by atoms with E-state index in [1.165, 1.54) is 6.42 Å². The smallest absolute Gasteiger partial charge is 0.234 e. The van der Waals surface area contributed by atoms with Crippen molar-refractivity contribution in [3.63, 3.8) is 0 Å². The molecule has 3 N–H and O–H groups in total. The predicted octanol–water partition coefficient (Wildman–Crippen LogP) is -0.312. The van der Waals surface area contributed by atoms with E-state index in [1.807, 2.05) is 0 Å². The number of hydrogen-bond acceptors (Lipinski definition) is 3. The summed E-state index contributed by atoms with van der Waals surface area (Å²) < 4.78 is 0. The second kappa shape index (κ2) is 4.28. The molecule has 1 saturated carbocycles. The van der Waals surface area contributed by atoms with E-state index in [9.17, 15) is 4.79 Å². The minimum absolute atomic E-state index is 0.174. The Morgan fingerprint density at radius 1 is 1.43 bits per heavy atom. The highest BCUT2D eigenvalue weighted by Gasteiger charge is 2.27. The lowest BCUT2D eigenvalue weighted by Crippen LogP contribution is -2.43. The molecule has 4 heteroatoms. The van der Waals surface area contributed by atoms with Gasteiger partial charge in [-0.2, -0.15) is 0 Å². The summed E-state index contributed by atoms with van der Waals surface area (Å²) in [5, 5.41) is 3.00. The molecule has 2 rings (SSSR count). The number of nitrogens with one attached hydrogen (secondary N) is 1. The summed E-state index contributed by atoms with van der Waals surface area (Å²) in [6.07, 6.45) is 4.64. The van der Waals surface area contributed by atoms with Crippen molar-refractivity contribution < 1.29 is 4.79 Å². The molecule has 1 saturated heterocycles. The predicted molar refractivity (Wildman–Crippen MR) is 54.8 cm³/mol. The fourth-order valence-electron chi connectivity index (χ4n) is 2.06. The van der Waals surface area contributed by atoms with E-state index >= 15 is 0 Å².